The molecule has 1 amide bonds. The number of amides is 1. The number of para-hydroxylation sites is 1. The number of carbonyl (C=O) groups is 1. The van der Waals surface area contributed by atoms with Gasteiger partial charge in [-0.25, -0.2) is 0 Å². The number of nitrogens with two attached hydrogens (primary N) is 2. The molecular weight excluding hydrogens is 226 g/mol. The third-order valence-electron chi connectivity index (χ3n) is 3.60. The van der Waals surface area contributed by atoms with Crippen LogP contribution in [0, 0.1) is 5.92 Å². The minimum atomic E-state index is -0.355. The zero-order chi connectivity index (χ0) is 13.0. The van der Waals surface area contributed by atoms with Crippen molar-refractivity contribution >= 4 is 11.6 Å². The lowest BCUT2D eigenvalue weighted by Gasteiger charge is -2.35. The number of nitrogens with zero attached hydrogens (tertiary/aromatic N) is 1. The second kappa shape index (κ2) is 5.87. The average molecular weight is 247 g/mol. The lowest BCUT2D eigenvalue weighted by Crippen LogP contribution is -2.37. The van der Waals surface area contributed by atoms with Crippen molar-refractivity contribution in [3.8, 4) is 0 Å². The molecule has 2 rings (SSSR count). The van der Waals surface area contributed by atoms with Crippen LogP contribution in [0.25, 0.3) is 0 Å². The largest absolute Gasteiger partial charge is 0.371 e. The summed E-state index contributed by atoms with van der Waals surface area (Å²) in [6.45, 7) is 2.70. The summed E-state index contributed by atoms with van der Waals surface area (Å²) < 4.78 is 0. The Morgan fingerprint density at radius 1 is 1.39 bits per heavy atom. The van der Waals surface area contributed by atoms with Crippen LogP contribution >= 0.6 is 0 Å². The standard InChI is InChI=1S/C14H21N3O/c15-8-7-11-4-3-9-17(10-11)13-6-2-1-5-12(13)14(16)18/h1-2,5-6,11H,3-4,7-10,15H2,(H2,16,18). The van der Waals surface area contributed by atoms with E-state index in [2.05, 4.69) is 4.90 Å². The van der Waals surface area contributed by atoms with Gasteiger partial charge in [0.15, 0.2) is 0 Å². The number of rotatable bonds is 4. The van der Waals surface area contributed by atoms with Gasteiger partial charge in [0, 0.05) is 18.8 Å². The summed E-state index contributed by atoms with van der Waals surface area (Å²) in [5, 5.41) is 0. The summed E-state index contributed by atoms with van der Waals surface area (Å²) in [6.07, 6.45) is 3.43. The molecule has 0 aliphatic carbocycles. The summed E-state index contributed by atoms with van der Waals surface area (Å²) in [5.74, 6) is 0.274. The highest BCUT2D eigenvalue weighted by Crippen LogP contribution is 2.27. The highest BCUT2D eigenvalue weighted by atomic mass is 16.1. The molecule has 1 aromatic carbocycles. The second-order valence-electron chi connectivity index (χ2n) is 4.91. The first kappa shape index (κ1) is 12.9. The van der Waals surface area contributed by atoms with Gasteiger partial charge in [0.05, 0.1) is 5.56 Å². The zero-order valence-corrected chi connectivity index (χ0v) is 10.6. The third kappa shape index (κ3) is 2.82. The first-order valence-corrected chi connectivity index (χ1v) is 6.56. The summed E-state index contributed by atoms with van der Waals surface area (Å²) in [5.41, 5.74) is 12.6. The van der Waals surface area contributed by atoms with Crippen molar-refractivity contribution in [3.63, 3.8) is 0 Å². The van der Waals surface area contributed by atoms with Gasteiger partial charge in [0.2, 0.25) is 0 Å². The van der Waals surface area contributed by atoms with Gasteiger partial charge in [0.25, 0.3) is 5.91 Å². The van der Waals surface area contributed by atoms with Crippen LogP contribution in [-0.4, -0.2) is 25.5 Å². The summed E-state index contributed by atoms with van der Waals surface area (Å²) in [7, 11) is 0. The van der Waals surface area contributed by atoms with Crippen LogP contribution < -0.4 is 16.4 Å². The van der Waals surface area contributed by atoms with Crippen molar-refractivity contribution in [2.45, 2.75) is 19.3 Å². The molecule has 1 heterocycles. The summed E-state index contributed by atoms with van der Waals surface area (Å²) >= 11 is 0. The van der Waals surface area contributed by atoms with E-state index >= 15 is 0 Å². The minimum Gasteiger partial charge on any atom is -0.371 e. The Hall–Kier alpha value is -1.55. The van der Waals surface area contributed by atoms with E-state index in [0.29, 0.717) is 11.5 Å². The van der Waals surface area contributed by atoms with Gasteiger partial charge in [-0.3, -0.25) is 4.79 Å². The van der Waals surface area contributed by atoms with Crippen molar-refractivity contribution in [1.29, 1.82) is 0 Å². The molecule has 1 fully saturated rings. The van der Waals surface area contributed by atoms with E-state index in [4.69, 9.17) is 11.5 Å². The van der Waals surface area contributed by atoms with E-state index in [1.165, 1.54) is 6.42 Å². The van der Waals surface area contributed by atoms with Crippen LogP contribution in [0.15, 0.2) is 24.3 Å². The van der Waals surface area contributed by atoms with Crippen molar-refractivity contribution in [1.82, 2.24) is 0 Å². The molecule has 0 radical (unpaired) electrons. The van der Waals surface area contributed by atoms with E-state index in [1.54, 1.807) is 6.07 Å². The van der Waals surface area contributed by atoms with Crippen molar-refractivity contribution < 1.29 is 4.79 Å². The van der Waals surface area contributed by atoms with Crippen molar-refractivity contribution in [3.05, 3.63) is 29.8 Å². The number of primary amides is 1. The monoisotopic (exact) mass is 247 g/mol. The summed E-state index contributed by atoms with van der Waals surface area (Å²) in [6, 6.07) is 7.58. The fourth-order valence-corrected chi connectivity index (χ4v) is 2.71. The molecule has 0 aromatic heterocycles. The Bertz CT molecular complexity index is 417. The smallest absolute Gasteiger partial charge is 0.250 e. The maximum absolute atomic E-state index is 11.4. The molecule has 1 aliphatic rings. The minimum absolute atomic E-state index is 0.355. The van der Waals surface area contributed by atoms with Crippen LogP contribution in [0.1, 0.15) is 29.6 Å². The predicted molar refractivity (Wildman–Crippen MR) is 73.6 cm³/mol. The number of hydrogen-bond acceptors (Lipinski definition) is 3. The molecule has 1 saturated heterocycles. The highest BCUT2D eigenvalue weighted by Gasteiger charge is 2.22. The maximum atomic E-state index is 11.4. The first-order valence-electron chi connectivity index (χ1n) is 6.56. The van der Waals surface area contributed by atoms with Gasteiger partial charge in [-0.05, 0) is 43.9 Å². The fraction of sp³-hybridized carbons (Fsp3) is 0.500. The molecule has 4 nitrogen and oxygen atoms in total. The lowest BCUT2D eigenvalue weighted by atomic mass is 9.94. The Labute approximate surface area is 108 Å². The van der Waals surface area contributed by atoms with E-state index in [1.807, 2.05) is 18.2 Å². The first-order chi connectivity index (χ1) is 8.72. The number of carbonyl (C=O) groups excluding carboxylic acids is 1. The number of anilines is 1. The molecule has 0 bridgehead atoms. The van der Waals surface area contributed by atoms with Crippen LogP contribution in [0.4, 0.5) is 5.69 Å². The fourth-order valence-electron chi connectivity index (χ4n) is 2.71. The second-order valence-corrected chi connectivity index (χ2v) is 4.91. The molecule has 1 atom stereocenters. The zero-order valence-electron chi connectivity index (χ0n) is 10.6. The number of piperidine rings is 1. The molecule has 98 valence electrons. The molecule has 4 N–H and O–H groups in total. The van der Waals surface area contributed by atoms with Crippen LogP contribution in [-0.2, 0) is 0 Å². The van der Waals surface area contributed by atoms with Crippen LogP contribution in [0.2, 0.25) is 0 Å². The topological polar surface area (TPSA) is 72.3 Å². The van der Waals surface area contributed by atoms with E-state index in [9.17, 15) is 4.79 Å². The van der Waals surface area contributed by atoms with E-state index in [-0.39, 0.29) is 5.91 Å². The molecular formula is C14H21N3O. The van der Waals surface area contributed by atoms with Gasteiger partial charge in [0.1, 0.15) is 0 Å². The Morgan fingerprint density at radius 2 is 2.17 bits per heavy atom. The van der Waals surface area contributed by atoms with Crippen LogP contribution in [0.5, 0.6) is 0 Å². The van der Waals surface area contributed by atoms with Gasteiger partial charge in [-0.15, -0.1) is 0 Å². The molecule has 18 heavy (non-hydrogen) atoms. The van der Waals surface area contributed by atoms with Crippen molar-refractivity contribution in [2.75, 3.05) is 24.5 Å². The molecule has 1 aromatic rings. The van der Waals surface area contributed by atoms with Crippen molar-refractivity contribution in [2.24, 2.45) is 17.4 Å². The molecule has 1 aliphatic heterocycles. The molecule has 1 unspecified atom stereocenters. The van der Waals surface area contributed by atoms with Gasteiger partial charge in [-0.1, -0.05) is 12.1 Å². The van der Waals surface area contributed by atoms with E-state index < -0.39 is 0 Å². The molecule has 0 spiro atoms. The van der Waals surface area contributed by atoms with Crippen LogP contribution in [0.3, 0.4) is 0 Å². The normalized spacial score (nSPS) is 19.8. The highest BCUT2D eigenvalue weighted by molar-refractivity contribution is 5.98. The summed E-state index contributed by atoms with van der Waals surface area (Å²) in [4.78, 5) is 13.7. The van der Waals surface area contributed by atoms with E-state index in [0.717, 1.165) is 38.2 Å². The quantitative estimate of drug-likeness (QED) is 0.843. The maximum Gasteiger partial charge on any atom is 0.250 e. The molecule has 4 heteroatoms. The van der Waals surface area contributed by atoms with Gasteiger partial charge >= 0.3 is 0 Å². The van der Waals surface area contributed by atoms with Gasteiger partial charge < -0.3 is 16.4 Å². The van der Waals surface area contributed by atoms with Gasteiger partial charge in [-0.2, -0.15) is 0 Å². The Morgan fingerprint density at radius 3 is 2.89 bits per heavy atom. The SMILES string of the molecule is NCCC1CCCN(c2ccccc2C(N)=O)C1. The Kier molecular flexibility index (Phi) is 4.20. The molecule has 0 saturated carbocycles. The number of benzene rings is 1. The number of hydrogen-bond donors (Lipinski definition) is 2. The Balaban J connectivity index is 2.18. The third-order valence-corrected chi connectivity index (χ3v) is 3.60. The average Bonchev–Trinajstić information content (AvgIpc) is 2.39. The predicted octanol–water partition coefficient (Wildman–Crippen LogP) is 1.35. The lowest BCUT2D eigenvalue weighted by molar-refractivity contribution is 0.100.